The molecule has 0 unspecified atom stereocenters. The van der Waals surface area contributed by atoms with Crippen molar-refractivity contribution in [3.63, 3.8) is 0 Å². The summed E-state index contributed by atoms with van der Waals surface area (Å²) >= 11 is 0.748. The summed E-state index contributed by atoms with van der Waals surface area (Å²) in [6.07, 6.45) is 3.30. The highest BCUT2D eigenvalue weighted by Gasteiger charge is 2.37. The molecule has 2 saturated heterocycles. The summed E-state index contributed by atoms with van der Waals surface area (Å²) in [6, 6.07) is 9.23. The van der Waals surface area contributed by atoms with E-state index in [0.717, 1.165) is 47.7 Å². The minimum atomic E-state index is -0.774. The highest BCUT2D eigenvalue weighted by atomic mass is 32.2. The van der Waals surface area contributed by atoms with E-state index in [1.54, 1.807) is 17.0 Å². The van der Waals surface area contributed by atoms with Gasteiger partial charge in [0.1, 0.15) is 12.3 Å². The standard InChI is InChI=1S/C24H22N4O8S/c1-15-8-10-25(11-9-15)22(29)14-26-23(30)21(37-24(26)31)12-16-2-5-18(6-3-16)36-20-7-4-17(27(32)33)13-19(20)28(34)35/h2-7,12-13,15H,8-11,14H2,1H3/b21-12+. The van der Waals surface area contributed by atoms with Crippen molar-refractivity contribution >= 4 is 46.3 Å². The van der Waals surface area contributed by atoms with Crippen LogP contribution in [0.5, 0.6) is 11.5 Å². The predicted molar refractivity (Wildman–Crippen MR) is 134 cm³/mol. The second-order valence-electron chi connectivity index (χ2n) is 8.67. The quantitative estimate of drug-likeness (QED) is 0.286. The number of hydrogen-bond donors (Lipinski definition) is 0. The number of likely N-dealkylation sites (tertiary alicyclic amines) is 1. The van der Waals surface area contributed by atoms with E-state index in [1.165, 1.54) is 18.2 Å². The van der Waals surface area contributed by atoms with Gasteiger partial charge in [-0.15, -0.1) is 0 Å². The van der Waals surface area contributed by atoms with Gasteiger partial charge in [-0.05, 0) is 60.4 Å². The highest BCUT2D eigenvalue weighted by molar-refractivity contribution is 8.18. The maximum atomic E-state index is 12.8. The molecular weight excluding hydrogens is 504 g/mol. The predicted octanol–water partition coefficient (Wildman–Crippen LogP) is 4.59. The lowest BCUT2D eigenvalue weighted by Gasteiger charge is -2.31. The lowest BCUT2D eigenvalue weighted by Crippen LogP contribution is -2.45. The van der Waals surface area contributed by atoms with E-state index in [4.69, 9.17) is 4.74 Å². The topological polar surface area (TPSA) is 153 Å². The fraction of sp³-hybridized carbons (Fsp3) is 0.292. The second kappa shape index (κ2) is 10.8. The minimum Gasteiger partial charge on any atom is -0.450 e. The summed E-state index contributed by atoms with van der Waals surface area (Å²) < 4.78 is 5.53. The van der Waals surface area contributed by atoms with Crippen molar-refractivity contribution in [2.75, 3.05) is 19.6 Å². The van der Waals surface area contributed by atoms with Crippen molar-refractivity contribution in [3.05, 3.63) is 73.2 Å². The first-order valence-electron chi connectivity index (χ1n) is 11.4. The van der Waals surface area contributed by atoms with Gasteiger partial charge in [-0.1, -0.05) is 19.1 Å². The number of non-ortho nitro benzene ring substituents is 1. The third kappa shape index (κ3) is 5.94. The molecule has 12 nitrogen and oxygen atoms in total. The summed E-state index contributed by atoms with van der Waals surface area (Å²) in [4.78, 5) is 61.2. The average Bonchev–Trinajstić information content (AvgIpc) is 3.12. The number of carbonyl (C=O) groups excluding carboxylic acids is 3. The molecule has 2 aliphatic heterocycles. The lowest BCUT2D eigenvalue weighted by atomic mass is 9.99. The van der Waals surface area contributed by atoms with Crippen LogP contribution in [-0.4, -0.2) is 56.3 Å². The maximum Gasteiger partial charge on any atom is 0.318 e. The largest absolute Gasteiger partial charge is 0.450 e. The molecule has 2 heterocycles. The first-order valence-corrected chi connectivity index (χ1v) is 12.2. The number of hydrogen-bond acceptors (Lipinski definition) is 9. The molecular formula is C24H22N4O8S. The summed E-state index contributed by atoms with van der Waals surface area (Å²) in [5, 5.41) is 21.7. The number of carbonyl (C=O) groups is 3. The van der Waals surface area contributed by atoms with Gasteiger partial charge in [0.2, 0.25) is 11.7 Å². The fourth-order valence-corrected chi connectivity index (χ4v) is 4.73. The summed E-state index contributed by atoms with van der Waals surface area (Å²) in [7, 11) is 0. The Morgan fingerprint density at radius 1 is 1.08 bits per heavy atom. The van der Waals surface area contributed by atoms with Gasteiger partial charge in [-0.25, -0.2) is 0 Å². The van der Waals surface area contributed by atoms with Crippen LogP contribution in [0, 0.1) is 26.1 Å². The molecule has 13 heteroatoms. The molecule has 0 radical (unpaired) electrons. The van der Waals surface area contributed by atoms with Crippen molar-refractivity contribution in [1.29, 1.82) is 0 Å². The SMILES string of the molecule is CC1CCN(C(=O)CN2C(=O)S/C(=C/c3ccc(Oc4ccc([N+](=O)[O-])cc4[N+](=O)[O-])cc3)C2=O)CC1. The Hall–Kier alpha value is -4.26. The summed E-state index contributed by atoms with van der Waals surface area (Å²) in [6.45, 7) is 3.06. The number of nitrogens with zero attached hydrogens (tertiary/aromatic N) is 4. The van der Waals surface area contributed by atoms with Crippen molar-refractivity contribution < 1.29 is 29.0 Å². The van der Waals surface area contributed by atoms with Gasteiger partial charge in [0.15, 0.2) is 0 Å². The van der Waals surface area contributed by atoms with Crippen LogP contribution in [-0.2, 0) is 9.59 Å². The number of ether oxygens (including phenoxy) is 1. The average molecular weight is 527 g/mol. The van der Waals surface area contributed by atoms with Gasteiger partial charge in [-0.2, -0.15) is 0 Å². The molecule has 4 rings (SSSR count). The van der Waals surface area contributed by atoms with Gasteiger partial charge < -0.3 is 9.64 Å². The number of amides is 3. The van der Waals surface area contributed by atoms with Gasteiger partial charge in [0, 0.05) is 19.2 Å². The van der Waals surface area contributed by atoms with E-state index < -0.39 is 32.4 Å². The van der Waals surface area contributed by atoms with Crippen molar-refractivity contribution in [3.8, 4) is 11.5 Å². The molecule has 2 aliphatic rings. The number of benzene rings is 2. The molecule has 192 valence electrons. The Kier molecular flexibility index (Phi) is 7.53. The molecule has 0 aliphatic carbocycles. The van der Waals surface area contributed by atoms with Crippen LogP contribution in [0.4, 0.5) is 16.2 Å². The van der Waals surface area contributed by atoms with Crippen LogP contribution < -0.4 is 4.74 Å². The molecule has 37 heavy (non-hydrogen) atoms. The third-order valence-electron chi connectivity index (χ3n) is 6.06. The van der Waals surface area contributed by atoms with Gasteiger partial charge in [-0.3, -0.25) is 39.5 Å². The lowest BCUT2D eigenvalue weighted by molar-refractivity contribution is -0.394. The first-order chi connectivity index (χ1) is 17.6. The number of nitro groups is 2. The molecule has 0 bridgehead atoms. The summed E-state index contributed by atoms with van der Waals surface area (Å²) in [5.74, 6) is -0.195. The molecule has 0 spiro atoms. The number of nitro benzene ring substituents is 2. The number of piperidine rings is 1. The normalized spacial score (nSPS) is 17.4. The van der Waals surface area contributed by atoms with E-state index in [-0.39, 0.29) is 28.9 Å². The Labute approximate surface area is 215 Å². The third-order valence-corrected chi connectivity index (χ3v) is 6.97. The Balaban J connectivity index is 1.43. The Morgan fingerprint density at radius 2 is 1.76 bits per heavy atom. The van der Waals surface area contributed by atoms with Crippen LogP contribution in [0.25, 0.3) is 6.08 Å². The molecule has 2 fully saturated rings. The second-order valence-corrected chi connectivity index (χ2v) is 9.66. The molecule has 0 atom stereocenters. The summed E-state index contributed by atoms with van der Waals surface area (Å²) in [5.41, 5.74) is -0.427. The monoisotopic (exact) mass is 526 g/mol. The van der Waals surface area contributed by atoms with Gasteiger partial charge >= 0.3 is 5.69 Å². The smallest absolute Gasteiger partial charge is 0.318 e. The van der Waals surface area contributed by atoms with Gasteiger partial charge in [0.25, 0.3) is 16.8 Å². The molecule has 0 saturated carbocycles. The number of rotatable bonds is 7. The van der Waals surface area contributed by atoms with E-state index >= 15 is 0 Å². The molecule has 3 amide bonds. The van der Waals surface area contributed by atoms with Gasteiger partial charge in [0.05, 0.1) is 20.8 Å². The van der Waals surface area contributed by atoms with E-state index in [2.05, 4.69) is 6.92 Å². The van der Waals surface area contributed by atoms with Crippen LogP contribution in [0.1, 0.15) is 25.3 Å². The Morgan fingerprint density at radius 3 is 2.38 bits per heavy atom. The first kappa shape index (κ1) is 25.8. The van der Waals surface area contributed by atoms with E-state index in [9.17, 15) is 34.6 Å². The van der Waals surface area contributed by atoms with E-state index in [1.807, 2.05) is 0 Å². The van der Waals surface area contributed by atoms with Crippen LogP contribution in [0.3, 0.4) is 0 Å². The van der Waals surface area contributed by atoms with Crippen molar-refractivity contribution in [1.82, 2.24) is 9.80 Å². The molecule has 0 aromatic heterocycles. The van der Waals surface area contributed by atoms with Crippen molar-refractivity contribution in [2.45, 2.75) is 19.8 Å². The highest BCUT2D eigenvalue weighted by Crippen LogP contribution is 2.35. The Bertz CT molecular complexity index is 1300. The zero-order valence-electron chi connectivity index (χ0n) is 19.7. The molecule has 2 aromatic rings. The molecule has 0 N–H and O–H groups in total. The minimum absolute atomic E-state index is 0.169. The zero-order chi connectivity index (χ0) is 26.7. The van der Waals surface area contributed by atoms with Crippen molar-refractivity contribution in [2.24, 2.45) is 5.92 Å². The fourth-order valence-electron chi connectivity index (χ4n) is 3.89. The zero-order valence-corrected chi connectivity index (χ0v) is 20.5. The number of imide groups is 1. The van der Waals surface area contributed by atoms with Crippen LogP contribution in [0.2, 0.25) is 0 Å². The van der Waals surface area contributed by atoms with Crippen LogP contribution in [0.15, 0.2) is 47.4 Å². The van der Waals surface area contributed by atoms with E-state index in [0.29, 0.717) is 24.6 Å². The number of thioether (sulfide) groups is 1. The van der Waals surface area contributed by atoms with Crippen LogP contribution >= 0.6 is 11.8 Å². The maximum absolute atomic E-state index is 12.8. The molecule has 2 aromatic carbocycles.